The fraction of sp³-hybridized carbons (Fsp3) is 0.182. The third-order valence-electron chi connectivity index (χ3n) is 13.7. The Hall–Kier alpha value is -7.42. The monoisotopic (exact) mass is 883 g/mol. The minimum Gasteiger partial charge on any atom is -0.453 e. The van der Waals surface area contributed by atoms with Crippen LogP contribution in [0.2, 0.25) is 0 Å². The van der Waals surface area contributed by atoms with Crippen LogP contribution in [0.25, 0.3) is 66.8 Å². The van der Waals surface area contributed by atoms with Crippen molar-refractivity contribution in [3.63, 3.8) is 0 Å². The summed E-state index contributed by atoms with van der Waals surface area (Å²) < 4.78 is 6.59. The zero-order valence-electron chi connectivity index (χ0n) is 40.9. The van der Waals surface area contributed by atoms with Gasteiger partial charge in [0.15, 0.2) is 11.5 Å². The summed E-state index contributed by atoms with van der Waals surface area (Å²) in [5, 5.41) is 0. The molecule has 10 rings (SSSR count). The van der Waals surface area contributed by atoms with E-state index in [2.05, 4.69) is 236 Å². The fourth-order valence-electron chi connectivity index (χ4n) is 10.2. The van der Waals surface area contributed by atoms with Gasteiger partial charge in [0.25, 0.3) is 0 Å². The van der Waals surface area contributed by atoms with E-state index in [4.69, 9.17) is 4.74 Å². The lowest BCUT2D eigenvalue weighted by Crippen LogP contribution is -2.15. The van der Waals surface area contributed by atoms with Crippen molar-refractivity contribution in [1.29, 1.82) is 0 Å². The van der Waals surface area contributed by atoms with Crippen LogP contribution in [0.4, 0.5) is 17.1 Å². The first kappa shape index (κ1) is 44.4. The molecule has 0 unspecified atom stereocenters. The summed E-state index contributed by atoms with van der Waals surface area (Å²) in [4.78, 5) is 2.39. The smallest absolute Gasteiger partial charge is 0.151 e. The Balaban J connectivity index is 1.27. The maximum atomic E-state index is 6.59. The number of anilines is 3. The highest BCUT2D eigenvalue weighted by Gasteiger charge is 2.27. The van der Waals surface area contributed by atoms with Crippen LogP contribution in [-0.4, -0.2) is 0 Å². The highest BCUT2D eigenvalue weighted by molar-refractivity contribution is 5.93. The highest BCUT2D eigenvalue weighted by Crippen LogP contribution is 2.52. The zero-order chi connectivity index (χ0) is 47.1. The van der Waals surface area contributed by atoms with Crippen LogP contribution < -0.4 is 9.64 Å². The molecule has 0 atom stereocenters. The number of hydrogen-bond donors (Lipinski definition) is 0. The van der Waals surface area contributed by atoms with Gasteiger partial charge in [-0.15, -0.1) is 0 Å². The Kier molecular flexibility index (Phi) is 12.2. The average Bonchev–Trinajstić information content (AvgIpc) is 3.36. The van der Waals surface area contributed by atoms with Crippen molar-refractivity contribution in [2.45, 2.75) is 81.1 Å². The van der Waals surface area contributed by atoms with Gasteiger partial charge in [0.1, 0.15) is 0 Å². The van der Waals surface area contributed by atoms with Crippen LogP contribution in [0, 0.1) is 27.7 Å². The number of nitrogens with zero attached hydrogens (tertiary/aromatic N) is 1. The number of rotatable bonds is 11. The first-order chi connectivity index (χ1) is 33.0. The lowest BCUT2D eigenvalue weighted by atomic mass is 9.88. The quantitative estimate of drug-likeness (QED) is 0.128. The van der Waals surface area contributed by atoms with E-state index in [0.717, 1.165) is 65.4 Å². The van der Waals surface area contributed by atoms with Crippen molar-refractivity contribution in [2.24, 2.45) is 0 Å². The van der Waals surface area contributed by atoms with Crippen molar-refractivity contribution in [2.75, 3.05) is 4.90 Å². The van der Waals surface area contributed by atoms with Crippen LogP contribution in [0.15, 0.2) is 176 Å². The maximum absolute atomic E-state index is 6.59. The molecule has 9 aromatic carbocycles. The van der Waals surface area contributed by atoms with E-state index < -0.39 is 0 Å². The molecule has 0 saturated carbocycles. The van der Waals surface area contributed by atoms with Gasteiger partial charge in [0.2, 0.25) is 0 Å². The normalized spacial score (nSPS) is 11.9. The van der Waals surface area contributed by atoms with Gasteiger partial charge >= 0.3 is 0 Å². The molecule has 0 bridgehead atoms. The molecule has 1 aliphatic heterocycles. The second-order valence-corrected chi connectivity index (χ2v) is 19.0. The van der Waals surface area contributed by atoms with Crippen molar-refractivity contribution in [3.05, 3.63) is 220 Å². The highest BCUT2D eigenvalue weighted by atomic mass is 16.5. The van der Waals surface area contributed by atoms with E-state index in [9.17, 15) is 0 Å². The molecular weight excluding hydrogens is 823 g/mol. The summed E-state index contributed by atoms with van der Waals surface area (Å²) >= 11 is 0. The number of ether oxygens (including phenoxy) is 1. The van der Waals surface area contributed by atoms with E-state index in [-0.39, 0.29) is 0 Å². The van der Waals surface area contributed by atoms with Gasteiger partial charge in [-0.25, -0.2) is 0 Å². The van der Waals surface area contributed by atoms with Gasteiger partial charge in [0, 0.05) is 5.69 Å². The molecular formula is C66H61NO. The van der Waals surface area contributed by atoms with Gasteiger partial charge in [-0.3, -0.25) is 0 Å². The van der Waals surface area contributed by atoms with E-state index in [1.807, 2.05) is 0 Å². The second-order valence-electron chi connectivity index (χ2n) is 19.0. The third-order valence-corrected chi connectivity index (χ3v) is 13.7. The molecule has 0 aromatic heterocycles. The summed E-state index contributed by atoms with van der Waals surface area (Å²) in [7, 11) is 0. The van der Waals surface area contributed by atoms with E-state index in [1.165, 1.54) is 100 Å². The molecule has 0 saturated heterocycles. The maximum Gasteiger partial charge on any atom is 0.151 e. The third kappa shape index (κ3) is 9.04. The van der Waals surface area contributed by atoms with E-state index in [1.54, 1.807) is 0 Å². The molecule has 0 radical (unpaired) electrons. The molecule has 2 heteroatoms. The predicted molar refractivity (Wildman–Crippen MR) is 290 cm³/mol. The van der Waals surface area contributed by atoms with Crippen LogP contribution in [0.5, 0.6) is 11.5 Å². The fourth-order valence-corrected chi connectivity index (χ4v) is 10.2. The Morgan fingerprint density at radius 1 is 0.294 bits per heavy atom. The molecule has 0 fully saturated rings. The molecule has 68 heavy (non-hydrogen) atoms. The molecule has 1 heterocycles. The van der Waals surface area contributed by atoms with E-state index in [0.29, 0.717) is 0 Å². The number of benzene rings is 9. The summed E-state index contributed by atoms with van der Waals surface area (Å²) in [6.07, 6.45) is 3.94. The average molecular weight is 884 g/mol. The molecule has 336 valence electrons. The first-order valence-electron chi connectivity index (χ1n) is 24.6. The molecule has 0 aliphatic carbocycles. The lowest BCUT2D eigenvalue weighted by Gasteiger charge is -2.33. The van der Waals surface area contributed by atoms with Crippen molar-refractivity contribution >= 4 is 17.1 Å². The number of hydrogen-bond acceptors (Lipinski definition) is 2. The largest absolute Gasteiger partial charge is 0.453 e. The van der Waals surface area contributed by atoms with Crippen LogP contribution in [-0.2, 0) is 25.7 Å². The van der Waals surface area contributed by atoms with Gasteiger partial charge in [-0.2, -0.15) is 0 Å². The summed E-state index contributed by atoms with van der Waals surface area (Å²) in [5.74, 6) is 1.67. The SMILES string of the molecule is CCc1cc(C)cc(-c2cc(-c3cc(C)cc(CC)c3)cc(-c3cc(-c4cc(-c5cc(C)cc(CC)c5)cc(-c5cc(C)cc(CC)c5)c4)cc(N4c5ccccc5Oc5ccccc54)c3)c2)c1. The Labute approximate surface area is 404 Å². The van der Waals surface area contributed by atoms with Crippen LogP contribution >= 0.6 is 0 Å². The molecule has 0 spiro atoms. The van der Waals surface area contributed by atoms with Crippen molar-refractivity contribution in [1.82, 2.24) is 0 Å². The van der Waals surface area contributed by atoms with E-state index >= 15 is 0 Å². The van der Waals surface area contributed by atoms with Crippen molar-refractivity contribution < 1.29 is 4.74 Å². The zero-order valence-corrected chi connectivity index (χ0v) is 40.9. The number of para-hydroxylation sites is 4. The number of aryl methyl sites for hydroxylation is 8. The summed E-state index contributed by atoms with van der Waals surface area (Å²) in [6, 6.07) is 66.7. The number of fused-ring (bicyclic) bond motifs is 2. The van der Waals surface area contributed by atoms with Crippen molar-refractivity contribution in [3.8, 4) is 78.3 Å². The minimum absolute atomic E-state index is 0.835. The van der Waals surface area contributed by atoms with Crippen LogP contribution in [0.3, 0.4) is 0 Å². The van der Waals surface area contributed by atoms with Gasteiger partial charge in [0.05, 0.1) is 11.4 Å². The Morgan fingerprint density at radius 2 is 0.544 bits per heavy atom. The Morgan fingerprint density at radius 3 is 0.824 bits per heavy atom. The lowest BCUT2D eigenvalue weighted by molar-refractivity contribution is 0.477. The molecule has 1 aliphatic rings. The van der Waals surface area contributed by atoms with Gasteiger partial charge < -0.3 is 9.64 Å². The molecule has 2 nitrogen and oxygen atoms in total. The van der Waals surface area contributed by atoms with Crippen LogP contribution in [0.1, 0.15) is 72.2 Å². The second kappa shape index (κ2) is 18.7. The molecule has 0 N–H and O–H groups in total. The molecule has 9 aromatic rings. The summed E-state index contributed by atoms with van der Waals surface area (Å²) in [6.45, 7) is 17.9. The topological polar surface area (TPSA) is 12.5 Å². The van der Waals surface area contributed by atoms with Gasteiger partial charge in [-0.1, -0.05) is 147 Å². The minimum atomic E-state index is 0.835. The first-order valence-corrected chi connectivity index (χ1v) is 24.6. The standard InChI is InChI=1S/C66H61NO/c1-9-46-21-42(5)25-50(29-46)54-33-55(51-26-43(6)22-47(10-2)30-51)36-58(35-54)60-39-61(41-62(40-60)67-63-17-13-15-19-65(63)68-66-20-16-14-18-64(66)67)59-37-56(52-27-44(7)23-48(11-3)31-52)34-57(38-59)53-28-45(8)24-49(12-4)32-53/h13-41H,9-12H2,1-8H3. The summed E-state index contributed by atoms with van der Waals surface area (Å²) in [5.41, 5.74) is 28.0. The van der Waals surface area contributed by atoms with Gasteiger partial charge in [-0.05, 0) is 221 Å². The Bertz CT molecular complexity index is 3010. The predicted octanol–water partition coefficient (Wildman–Crippen LogP) is 18.7. The molecule has 0 amide bonds.